The van der Waals surface area contributed by atoms with E-state index in [1.807, 2.05) is 0 Å². The molecule has 0 unspecified atom stereocenters. The van der Waals surface area contributed by atoms with Crippen molar-refractivity contribution >= 4 is 27.6 Å². The number of aromatic nitrogens is 2. The van der Waals surface area contributed by atoms with Crippen LogP contribution < -0.4 is 21.1 Å². The van der Waals surface area contributed by atoms with Crippen LogP contribution in [0.25, 0.3) is 0 Å². The highest BCUT2D eigenvalue weighted by atomic mass is 32.2. The predicted octanol–water partition coefficient (Wildman–Crippen LogP) is 0.232. The van der Waals surface area contributed by atoms with Crippen molar-refractivity contribution in [3.05, 3.63) is 6.07 Å². The minimum atomic E-state index is -3.13. The first-order valence-corrected chi connectivity index (χ1v) is 8.37. The second kappa shape index (κ2) is 7.85. The summed E-state index contributed by atoms with van der Waals surface area (Å²) in [4.78, 5) is 8.14. The van der Waals surface area contributed by atoms with Gasteiger partial charge < -0.3 is 16.4 Å². The summed E-state index contributed by atoms with van der Waals surface area (Å²) in [6.45, 7) is 3.85. The zero-order valence-electron chi connectivity index (χ0n) is 11.8. The first-order chi connectivity index (χ1) is 9.40. The Hall–Kier alpha value is -1.61. The molecule has 0 saturated carbocycles. The molecule has 0 fully saturated rings. The molecule has 0 amide bonds. The standard InChI is InChI=1S/C11H22N6O2S/c1-3-5-13-9-8-10(17-11(12)16-9)14-6-4-7-15-20(2,18)19/h8,15H,3-7H2,1-2H3,(H4,12,13,14,16,17). The van der Waals surface area contributed by atoms with Gasteiger partial charge in [0.25, 0.3) is 0 Å². The molecule has 1 aromatic heterocycles. The first-order valence-electron chi connectivity index (χ1n) is 6.47. The maximum Gasteiger partial charge on any atom is 0.223 e. The number of anilines is 3. The second-order valence-electron chi connectivity index (χ2n) is 4.37. The van der Waals surface area contributed by atoms with Gasteiger partial charge in [0.05, 0.1) is 6.26 Å². The van der Waals surface area contributed by atoms with E-state index in [9.17, 15) is 8.42 Å². The van der Waals surface area contributed by atoms with Gasteiger partial charge in [-0.1, -0.05) is 6.92 Å². The molecule has 1 aromatic rings. The smallest absolute Gasteiger partial charge is 0.223 e. The minimum Gasteiger partial charge on any atom is -0.370 e. The van der Waals surface area contributed by atoms with Gasteiger partial charge in [-0.15, -0.1) is 0 Å². The summed E-state index contributed by atoms with van der Waals surface area (Å²) in [5.74, 6) is 1.49. The van der Waals surface area contributed by atoms with E-state index in [1.54, 1.807) is 6.07 Å². The summed E-state index contributed by atoms with van der Waals surface area (Å²) in [6.07, 6.45) is 2.77. The first kappa shape index (κ1) is 16.4. The van der Waals surface area contributed by atoms with Crippen LogP contribution in [0, 0.1) is 0 Å². The molecule has 8 nitrogen and oxygen atoms in total. The highest BCUT2D eigenvalue weighted by Gasteiger charge is 2.02. The number of nitrogens with two attached hydrogens (primary N) is 1. The largest absolute Gasteiger partial charge is 0.370 e. The lowest BCUT2D eigenvalue weighted by Crippen LogP contribution is -2.24. The summed E-state index contributed by atoms with van der Waals surface area (Å²) < 4.78 is 24.2. The number of hydrogen-bond acceptors (Lipinski definition) is 7. The predicted molar refractivity (Wildman–Crippen MR) is 81.2 cm³/mol. The van der Waals surface area contributed by atoms with Gasteiger partial charge in [-0.25, -0.2) is 13.1 Å². The van der Waals surface area contributed by atoms with Crippen molar-refractivity contribution in [3.63, 3.8) is 0 Å². The van der Waals surface area contributed by atoms with Crippen molar-refractivity contribution in [1.82, 2.24) is 14.7 Å². The normalized spacial score (nSPS) is 11.3. The molecule has 0 saturated heterocycles. The second-order valence-corrected chi connectivity index (χ2v) is 6.20. The molecule has 0 aliphatic carbocycles. The SMILES string of the molecule is CCCNc1cc(NCCCNS(C)(=O)=O)nc(N)n1. The molecule has 1 rings (SSSR count). The third-order valence-electron chi connectivity index (χ3n) is 2.32. The monoisotopic (exact) mass is 302 g/mol. The topological polar surface area (TPSA) is 122 Å². The zero-order valence-corrected chi connectivity index (χ0v) is 12.6. The number of nitrogens with one attached hydrogen (secondary N) is 3. The Kier molecular flexibility index (Phi) is 6.46. The van der Waals surface area contributed by atoms with Crippen LogP contribution in [0.2, 0.25) is 0 Å². The van der Waals surface area contributed by atoms with E-state index in [2.05, 4.69) is 32.2 Å². The Labute approximate surface area is 119 Å². The fraction of sp³-hybridized carbons (Fsp3) is 0.636. The average molecular weight is 302 g/mol. The van der Waals surface area contributed by atoms with Crippen LogP contribution in [-0.4, -0.2) is 44.3 Å². The highest BCUT2D eigenvalue weighted by molar-refractivity contribution is 7.88. The molecule has 9 heteroatoms. The van der Waals surface area contributed by atoms with Crippen LogP contribution >= 0.6 is 0 Å². The summed E-state index contributed by atoms with van der Waals surface area (Å²) in [7, 11) is -3.13. The third kappa shape index (κ3) is 7.10. The van der Waals surface area contributed by atoms with Gasteiger partial charge in [0.1, 0.15) is 11.6 Å². The molecule has 1 heterocycles. The Morgan fingerprint density at radius 1 is 1.15 bits per heavy atom. The molecule has 0 aliphatic rings. The van der Waals surface area contributed by atoms with E-state index in [-0.39, 0.29) is 5.95 Å². The van der Waals surface area contributed by atoms with Crippen LogP contribution in [0.3, 0.4) is 0 Å². The average Bonchev–Trinajstić information content (AvgIpc) is 2.34. The lowest BCUT2D eigenvalue weighted by atomic mass is 10.4. The van der Waals surface area contributed by atoms with E-state index in [1.165, 1.54) is 0 Å². The van der Waals surface area contributed by atoms with E-state index in [4.69, 9.17) is 5.73 Å². The molecule has 20 heavy (non-hydrogen) atoms. The van der Waals surface area contributed by atoms with Crippen LogP contribution in [0.4, 0.5) is 17.6 Å². The lowest BCUT2D eigenvalue weighted by Gasteiger charge is -2.09. The third-order valence-corrected chi connectivity index (χ3v) is 3.05. The molecule has 0 aromatic carbocycles. The van der Waals surface area contributed by atoms with Crippen LogP contribution in [0.15, 0.2) is 6.07 Å². The van der Waals surface area contributed by atoms with Gasteiger partial charge in [-0.2, -0.15) is 9.97 Å². The van der Waals surface area contributed by atoms with Crippen molar-refractivity contribution in [2.24, 2.45) is 0 Å². The molecule has 0 aliphatic heterocycles. The molecule has 0 atom stereocenters. The molecule has 114 valence electrons. The van der Waals surface area contributed by atoms with Crippen molar-refractivity contribution in [1.29, 1.82) is 0 Å². The van der Waals surface area contributed by atoms with Gasteiger partial charge in [-0.3, -0.25) is 0 Å². The van der Waals surface area contributed by atoms with Crippen LogP contribution in [0.5, 0.6) is 0 Å². The number of nitrogens with zero attached hydrogens (tertiary/aromatic N) is 2. The van der Waals surface area contributed by atoms with Crippen molar-refractivity contribution in [2.75, 3.05) is 42.3 Å². The fourth-order valence-corrected chi connectivity index (χ4v) is 1.98. The quantitative estimate of drug-likeness (QED) is 0.482. The van der Waals surface area contributed by atoms with Crippen LogP contribution in [-0.2, 0) is 10.0 Å². The Bertz CT molecular complexity index is 520. The molecule has 0 radical (unpaired) electrons. The van der Waals surface area contributed by atoms with Crippen LogP contribution in [0.1, 0.15) is 19.8 Å². The van der Waals surface area contributed by atoms with E-state index in [0.29, 0.717) is 31.1 Å². The zero-order chi connectivity index (χ0) is 15.0. The minimum absolute atomic E-state index is 0.197. The maximum absolute atomic E-state index is 10.9. The highest BCUT2D eigenvalue weighted by Crippen LogP contribution is 2.12. The van der Waals surface area contributed by atoms with Gasteiger partial charge in [0.15, 0.2) is 0 Å². The molecule has 0 spiro atoms. The number of rotatable bonds is 9. The summed E-state index contributed by atoms with van der Waals surface area (Å²) in [5.41, 5.74) is 5.62. The van der Waals surface area contributed by atoms with Crippen molar-refractivity contribution < 1.29 is 8.42 Å². The number of sulfonamides is 1. The van der Waals surface area contributed by atoms with E-state index < -0.39 is 10.0 Å². The Balaban J connectivity index is 2.41. The summed E-state index contributed by atoms with van der Waals surface area (Å²) in [6, 6.07) is 1.77. The van der Waals surface area contributed by atoms with Gasteiger partial charge >= 0.3 is 0 Å². The lowest BCUT2D eigenvalue weighted by molar-refractivity contribution is 0.586. The van der Waals surface area contributed by atoms with Crippen molar-refractivity contribution in [2.45, 2.75) is 19.8 Å². The summed E-state index contributed by atoms with van der Waals surface area (Å²) in [5, 5.41) is 6.22. The molecular weight excluding hydrogens is 280 g/mol. The Morgan fingerprint density at radius 3 is 2.30 bits per heavy atom. The van der Waals surface area contributed by atoms with Gasteiger partial charge in [-0.05, 0) is 12.8 Å². The van der Waals surface area contributed by atoms with Gasteiger partial charge in [0, 0.05) is 25.7 Å². The van der Waals surface area contributed by atoms with Gasteiger partial charge in [0.2, 0.25) is 16.0 Å². The fourth-order valence-electron chi connectivity index (χ4n) is 1.46. The Morgan fingerprint density at radius 2 is 1.75 bits per heavy atom. The molecule has 0 bridgehead atoms. The van der Waals surface area contributed by atoms with E-state index >= 15 is 0 Å². The van der Waals surface area contributed by atoms with Crippen molar-refractivity contribution in [3.8, 4) is 0 Å². The molecule has 5 N–H and O–H groups in total. The van der Waals surface area contributed by atoms with E-state index in [0.717, 1.165) is 19.2 Å². The number of nitrogen functional groups attached to an aromatic ring is 1. The number of hydrogen-bond donors (Lipinski definition) is 4. The summed E-state index contributed by atoms with van der Waals surface area (Å²) >= 11 is 0. The molecular formula is C11H22N6O2S. The maximum atomic E-state index is 10.9.